The summed E-state index contributed by atoms with van der Waals surface area (Å²) in [5, 5.41) is 9.58. The van der Waals surface area contributed by atoms with Crippen molar-refractivity contribution in [2.24, 2.45) is 23.2 Å². The molecule has 4 unspecified atom stereocenters. The van der Waals surface area contributed by atoms with Crippen LogP contribution in [-0.2, 0) is 16.0 Å². The number of amides is 1. The quantitative estimate of drug-likeness (QED) is 0.111. The van der Waals surface area contributed by atoms with Crippen LogP contribution in [0.25, 0.3) is 0 Å². The lowest BCUT2D eigenvalue weighted by molar-refractivity contribution is -0.136. The van der Waals surface area contributed by atoms with Gasteiger partial charge in [-0.25, -0.2) is 0 Å². The molecule has 0 spiro atoms. The maximum Gasteiger partial charge on any atom is 0.313 e. The third-order valence-corrected chi connectivity index (χ3v) is 11.3. The molecule has 0 aromatic heterocycles. The zero-order valence-electron chi connectivity index (χ0n) is 27.9. The van der Waals surface area contributed by atoms with Crippen LogP contribution in [0, 0.1) is 23.2 Å². The zero-order chi connectivity index (χ0) is 30.8. The van der Waals surface area contributed by atoms with Crippen molar-refractivity contribution in [3.8, 4) is 5.75 Å². The number of benzene rings is 1. The first-order valence-corrected chi connectivity index (χ1v) is 18.0. The number of nitrogens with zero attached hydrogens (tertiary/aromatic N) is 1. The van der Waals surface area contributed by atoms with Gasteiger partial charge in [0.05, 0.1) is 12.5 Å². The average Bonchev–Trinajstić information content (AvgIpc) is 3.37. The van der Waals surface area contributed by atoms with Crippen molar-refractivity contribution in [2.45, 2.75) is 155 Å². The molecule has 242 valence electrons. The molecule has 1 N–H and O–H groups in total. The molecule has 5 nitrogen and oxygen atoms in total. The lowest BCUT2D eigenvalue weighted by Crippen LogP contribution is -2.44. The topological polar surface area (TPSA) is 66.8 Å². The van der Waals surface area contributed by atoms with Crippen molar-refractivity contribution in [3.63, 3.8) is 0 Å². The summed E-state index contributed by atoms with van der Waals surface area (Å²) in [7, 11) is 1.94. The standard InChI is InChI=1S/C38H61NO4/c1-5-6-24-39(4)35(41)18-14-12-10-8-7-9-11-13-16-29-26-30-27-31(43-36(42)25-28(2)40)19-20-32(30)33-21-23-38(3)22-15-17-34(38)37(29)33/h19-20,27-29,33-34,37,40H,5-18,21-26H2,1-4H3/t28?,29-,33?,34?,37?,38+/m1/s1. The van der Waals surface area contributed by atoms with Crippen LogP contribution in [0.3, 0.4) is 0 Å². The van der Waals surface area contributed by atoms with Gasteiger partial charge < -0.3 is 14.7 Å². The average molecular weight is 596 g/mol. The second-order valence-corrected chi connectivity index (χ2v) is 14.8. The smallest absolute Gasteiger partial charge is 0.313 e. The number of hydrogen-bond acceptors (Lipinski definition) is 4. The van der Waals surface area contributed by atoms with E-state index in [2.05, 4.69) is 26.0 Å². The van der Waals surface area contributed by atoms with Crippen molar-refractivity contribution in [1.29, 1.82) is 0 Å². The number of unbranched alkanes of at least 4 members (excludes halogenated alkanes) is 8. The van der Waals surface area contributed by atoms with Crippen molar-refractivity contribution in [3.05, 3.63) is 29.3 Å². The molecule has 1 aromatic carbocycles. The van der Waals surface area contributed by atoms with Crippen molar-refractivity contribution < 1.29 is 19.4 Å². The molecule has 6 atom stereocenters. The lowest BCUT2D eigenvalue weighted by Gasteiger charge is -2.52. The Bertz CT molecular complexity index is 1040. The highest BCUT2D eigenvalue weighted by atomic mass is 16.5. The molecule has 4 rings (SSSR count). The first kappa shape index (κ1) is 34.0. The van der Waals surface area contributed by atoms with Crippen molar-refractivity contribution in [1.82, 2.24) is 4.90 Å². The van der Waals surface area contributed by atoms with E-state index in [0.717, 1.165) is 50.0 Å². The van der Waals surface area contributed by atoms with Gasteiger partial charge in [0, 0.05) is 20.0 Å². The minimum atomic E-state index is -0.684. The fraction of sp³-hybridized carbons (Fsp3) is 0.789. The highest BCUT2D eigenvalue weighted by Crippen LogP contribution is 2.62. The fourth-order valence-electron chi connectivity index (χ4n) is 8.97. The Balaban J connectivity index is 1.24. The summed E-state index contributed by atoms with van der Waals surface area (Å²) in [5.74, 6) is 3.60. The lowest BCUT2D eigenvalue weighted by atomic mass is 9.52. The maximum absolute atomic E-state index is 12.2. The number of rotatable bonds is 17. The van der Waals surface area contributed by atoms with E-state index in [4.69, 9.17) is 4.74 Å². The molecule has 0 bridgehead atoms. The molecule has 0 heterocycles. The fourth-order valence-corrected chi connectivity index (χ4v) is 8.97. The van der Waals surface area contributed by atoms with Gasteiger partial charge in [-0.2, -0.15) is 0 Å². The molecule has 0 radical (unpaired) electrons. The van der Waals surface area contributed by atoms with Crippen LogP contribution in [0.4, 0.5) is 0 Å². The van der Waals surface area contributed by atoms with Crippen LogP contribution in [0.5, 0.6) is 5.75 Å². The van der Waals surface area contributed by atoms with Crippen LogP contribution in [0.2, 0.25) is 0 Å². The van der Waals surface area contributed by atoms with Gasteiger partial charge in [-0.15, -0.1) is 0 Å². The summed E-state index contributed by atoms with van der Waals surface area (Å²) in [5.41, 5.74) is 3.44. The minimum absolute atomic E-state index is 0.0288. The summed E-state index contributed by atoms with van der Waals surface area (Å²) in [6, 6.07) is 6.38. The molecule has 2 fully saturated rings. The van der Waals surface area contributed by atoms with E-state index < -0.39 is 6.10 Å². The van der Waals surface area contributed by atoms with Gasteiger partial charge in [0.15, 0.2) is 0 Å². The molecular weight excluding hydrogens is 534 g/mol. The summed E-state index contributed by atoms with van der Waals surface area (Å²) >= 11 is 0. The van der Waals surface area contributed by atoms with Gasteiger partial charge in [0.25, 0.3) is 0 Å². The Hall–Kier alpha value is -1.88. The van der Waals surface area contributed by atoms with Crippen molar-refractivity contribution >= 4 is 11.9 Å². The number of esters is 1. The Morgan fingerprint density at radius 2 is 1.74 bits per heavy atom. The Labute approximate surface area is 262 Å². The number of aliphatic hydroxyl groups is 1. The third kappa shape index (κ3) is 9.31. The Morgan fingerprint density at radius 3 is 2.47 bits per heavy atom. The van der Waals surface area contributed by atoms with Gasteiger partial charge >= 0.3 is 5.97 Å². The van der Waals surface area contributed by atoms with Crippen LogP contribution >= 0.6 is 0 Å². The van der Waals surface area contributed by atoms with E-state index in [1.54, 1.807) is 6.92 Å². The molecule has 2 saturated carbocycles. The second-order valence-electron chi connectivity index (χ2n) is 14.8. The highest BCUT2D eigenvalue weighted by molar-refractivity contribution is 5.75. The number of fused-ring (bicyclic) bond motifs is 5. The molecular formula is C38H61NO4. The first-order chi connectivity index (χ1) is 20.7. The molecule has 0 saturated heterocycles. The minimum Gasteiger partial charge on any atom is -0.426 e. The number of carbonyl (C=O) groups excluding carboxylic acids is 2. The van der Waals surface area contributed by atoms with Crippen LogP contribution in [0.15, 0.2) is 18.2 Å². The summed E-state index contributed by atoms with van der Waals surface area (Å²) in [6.45, 7) is 7.27. The van der Waals surface area contributed by atoms with E-state index in [0.29, 0.717) is 29.4 Å². The van der Waals surface area contributed by atoms with Gasteiger partial charge in [-0.05, 0) is 111 Å². The van der Waals surface area contributed by atoms with Crippen LogP contribution in [-0.4, -0.2) is 41.6 Å². The Kier molecular flexibility index (Phi) is 13.0. The van der Waals surface area contributed by atoms with Crippen LogP contribution < -0.4 is 4.74 Å². The molecule has 5 heteroatoms. The predicted octanol–water partition coefficient (Wildman–Crippen LogP) is 8.99. The Morgan fingerprint density at radius 1 is 1.02 bits per heavy atom. The summed E-state index contributed by atoms with van der Waals surface area (Å²) in [4.78, 5) is 26.4. The monoisotopic (exact) mass is 595 g/mol. The SMILES string of the molecule is CCCCN(C)C(=O)CCCCCCCCCC[C@@H]1Cc2cc(OC(=O)CC(C)O)ccc2C2CC[C@]3(C)CCCC3C21. The van der Waals surface area contributed by atoms with Gasteiger partial charge in [0.2, 0.25) is 5.91 Å². The summed E-state index contributed by atoms with van der Waals surface area (Å²) in [6.07, 6.45) is 21.6. The van der Waals surface area contributed by atoms with Gasteiger partial charge in [-0.3, -0.25) is 9.59 Å². The largest absolute Gasteiger partial charge is 0.426 e. The van der Waals surface area contributed by atoms with E-state index >= 15 is 0 Å². The van der Waals surface area contributed by atoms with E-state index in [9.17, 15) is 14.7 Å². The van der Waals surface area contributed by atoms with Crippen LogP contribution in [0.1, 0.15) is 153 Å². The van der Waals surface area contributed by atoms with E-state index in [1.165, 1.54) is 94.6 Å². The molecule has 1 amide bonds. The predicted molar refractivity (Wildman–Crippen MR) is 175 cm³/mol. The molecule has 3 aliphatic carbocycles. The molecule has 43 heavy (non-hydrogen) atoms. The van der Waals surface area contributed by atoms with Crippen molar-refractivity contribution in [2.75, 3.05) is 13.6 Å². The van der Waals surface area contributed by atoms with E-state index in [-0.39, 0.29) is 12.4 Å². The zero-order valence-corrected chi connectivity index (χ0v) is 27.9. The number of carbonyl (C=O) groups is 2. The molecule has 0 aliphatic heterocycles. The van der Waals surface area contributed by atoms with Gasteiger partial charge in [0.1, 0.15) is 5.75 Å². The maximum atomic E-state index is 12.2. The third-order valence-electron chi connectivity index (χ3n) is 11.3. The normalized spacial score (nSPS) is 26.7. The second kappa shape index (κ2) is 16.4. The number of ether oxygens (including phenoxy) is 1. The molecule has 3 aliphatic rings. The van der Waals surface area contributed by atoms with E-state index in [1.807, 2.05) is 18.0 Å². The van der Waals surface area contributed by atoms with Gasteiger partial charge in [-0.1, -0.05) is 77.7 Å². The number of aliphatic hydroxyl groups excluding tert-OH is 1. The number of hydrogen-bond donors (Lipinski definition) is 1. The summed E-state index contributed by atoms with van der Waals surface area (Å²) < 4.78 is 5.63. The molecule has 1 aromatic rings. The first-order valence-electron chi connectivity index (χ1n) is 18.0. The highest BCUT2D eigenvalue weighted by Gasteiger charge is 2.52.